The molecule has 0 fully saturated rings. The van der Waals surface area contributed by atoms with E-state index in [0.717, 1.165) is 12.8 Å². The number of hydrogen-bond donors (Lipinski definition) is 0. The fraction of sp³-hybridized carbons (Fsp3) is 0.570. The Balaban J connectivity index is 1.12. The molecule has 0 spiro atoms. The van der Waals surface area contributed by atoms with Gasteiger partial charge >= 0.3 is 0 Å². The van der Waals surface area contributed by atoms with Crippen molar-refractivity contribution in [2.75, 3.05) is 0 Å². The Labute approximate surface area is 571 Å². The molecule has 6 aromatic rings. The molecular formula is C93H130. The minimum atomic E-state index is -0.0524. The normalized spacial score (nSPS) is 14.2. The van der Waals surface area contributed by atoms with Crippen molar-refractivity contribution in [3.8, 4) is 55.6 Å². The molecule has 0 nitrogen and oxygen atoms in total. The molecule has 9 rings (SSSR count). The molecule has 0 atom stereocenters. The molecule has 0 saturated heterocycles. The summed E-state index contributed by atoms with van der Waals surface area (Å²) in [6.45, 7) is 17.5. The molecule has 3 aliphatic carbocycles. The monoisotopic (exact) mass is 1250 g/mol. The molecule has 3 aliphatic rings. The van der Waals surface area contributed by atoms with E-state index in [1.54, 1.807) is 33.4 Å². The molecule has 6 aromatic carbocycles. The summed E-state index contributed by atoms with van der Waals surface area (Å²) >= 11 is 0. The summed E-state index contributed by atoms with van der Waals surface area (Å²) in [6.07, 6.45) is 64.7. The molecule has 0 radical (unpaired) electrons. The Kier molecular flexibility index (Phi) is 29.9. The smallest absolute Gasteiger partial charge is 0.0215 e. The van der Waals surface area contributed by atoms with Crippen LogP contribution in [-0.4, -0.2) is 0 Å². The summed E-state index contributed by atoms with van der Waals surface area (Å²) in [6, 6.07) is 50.8. The first-order chi connectivity index (χ1) is 45.9. The van der Waals surface area contributed by atoms with Gasteiger partial charge in [-0.25, -0.2) is 0 Å². The predicted octanol–water partition coefficient (Wildman–Crippen LogP) is 30.2. The van der Waals surface area contributed by atoms with Crippen molar-refractivity contribution < 1.29 is 0 Å². The van der Waals surface area contributed by atoms with Crippen molar-refractivity contribution in [2.45, 2.75) is 339 Å². The van der Waals surface area contributed by atoms with E-state index < -0.39 is 0 Å². The highest BCUT2D eigenvalue weighted by Crippen LogP contribution is 2.59. The van der Waals surface area contributed by atoms with Crippen LogP contribution in [0.3, 0.4) is 0 Å². The van der Waals surface area contributed by atoms with Crippen LogP contribution in [0.4, 0.5) is 0 Å². The SMILES string of the molecule is C=CCCCCCCCCCC1(CCCCCCCCCC=C)c2cc(-c3ccc4c(c3)C(CCCCCCCC)(CCCCCCCC)c3ccccc3-4)ccc2-c2ccc(-c3ccc4c(c3)C(CCCCCCCC)(CCCCCCCC)c3ccccc3-4)cc21. The Bertz CT molecular complexity index is 2930. The van der Waals surface area contributed by atoms with Crippen LogP contribution in [0.2, 0.25) is 0 Å². The van der Waals surface area contributed by atoms with Gasteiger partial charge in [-0.1, -0.05) is 368 Å². The Morgan fingerprint density at radius 2 is 0.430 bits per heavy atom. The van der Waals surface area contributed by atoms with Gasteiger partial charge in [0.15, 0.2) is 0 Å². The van der Waals surface area contributed by atoms with E-state index in [2.05, 4.69) is 174 Å². The first kappa shape index (κ1) is 72.1. The predicted molar refractivity (Wildman–Crippen MR) is 411 cm³/mol. The number of benzene rings is 6. The van der Waals surface area contributed by atoms with Crippen molar-refractivity contribution in [1.29, 1.82) is 0 Å². The Morgan fingerprint density at radius 1 is 0.226 bits per heavy atom. The van der Waals surface area contributed by atoms with Crippen molar-refractivity contribution in [2.24, 2.45) is 0 Å². The summed E-state index contributed by atoms with van der Waals surface area (Å²) < 4.78 is 0. The van der Waals surface area contributed by atoms with E-state index in [4.69, 9.17) is 0 Å². The standard InChI is InChI=1S/C93H130/c1-7-13-19-25-31-33-35-41-51-69-93(70-52-42-36-34-32-26-20-14-8-2)89-73-77(75-57-61-81-79-53-43-45-55-85(79)91(87(81)71-75,65-47-37-27-21-15-9-3)66-48-38-28-22-16-10-4)59-63-83(89)84-64-60-78(74-90(84)93)76-58-62-82-80-54-44-46-56-86(80)92(88(82)72-76,67-49-39-29-23-17-11-5)68-50-40-30-24-18-12-6/h7-8,43-46,53-64,71-74H,1-2,9-42,47-52,65-70H2,3-6H3. The average Bonchev–Trinajstić information content (AvgIpc) is 1.58. The molecule has 0 aliphatic heterocycles. The van der Waals surface area contributed by atoms with Gasteiger partial charge in [-0.15, -0.1) is 13.2 Å². The average molecular weight is 1250 g/mol. The van der Waals surface area contributed by atoms with Gasteiger partial charge in [-0.3, -0.25) is 0 Å². The van der Waals surface area contributed by atoms with Crippen molar-refractivity contribution in [1.82, 2.24) is 0 Å². The highest BCUT2D eigenvalue weighted by Gasteiger charge is 2.46. The second-order valence-corrected chi connectivity index (χ2v) is 30.1. The topological polar surface area (TPSA) is 0 Å². The summed E-state index contributed by atoms with van der Waals surface area (Å²) in [5.74, 6) is 0. The minimum absolute atomic E-state index is 0.0524. The number of allylic oxidation sites excluding steroid dienone is 2. The molecule has 0 amide bonds. The maximum Gasteiger partial charge on any atom is 0.0215 e. The molecule has 93 heavy (non-hydrogen) atoms. The van der Waals surface area contributed by atoms with Gasteiger partial charge in [0.1, 0.15) is 0 Å². The van der Waals surface area contributed by atoms with E-state index in [-0.39, 0.29) is 16.2 Å². The highest BCUT2D eigenvalue weighted by molar-refractivity contribution is 5.89. The molecule has 0 heteroatoms. The zero-order chi connectivity index (χ0) is 64.8. The molecule has 0 saturated carbocycles. The van der Waals surface area contributed by atoms with Crippen LogP contribution in [0.15, 0.2) is 147 Å². The van der Waals surface area contributed by atoms with Crippen molar-refractivity contribution in [3.05, 3.63) is 180 Å². The first-order valence-electron chi connectivity index (χ1n) is 39.9. The van der Waals surface area contributed by atoms with E-state index in [1.165, 1.54) is 338 Å². The minimum Gasteiger partial charge on any atom is -0.103 e. The number of rotatable bonds is 50. The molecular weight excluding hydrogens is 1120 g/mol. The molecule has 0 N–H and O–H groups in total. The quantitative estimate of drug-likeness (QED) is 0.0264. The summed E-state index contributed by atoms with van der Waals surface area (Å²) in [5, 5.41) is 0. The summed E-state index contributed by atoms with van der Waals surface area (Å²) in [4.78, 5) is 0. The second kappa shape index (κ2) is 38.5. The lowest BCUT2D eigenvalue weighted by Crippen LogP contribution is -2.26. The fourth-order valence-corrected chi connectivity index (χ4v) is 18.1. The zero-order valence-corrected chi connectivity index (χ0v) is 60.1. The van der Waals surface area contributed by atoms with E-state index in [1.807, 2.05) is 0 Å². The van der Waals surface area contributed by atoms with Crippen LogP contribution in [0.25, 0.3) is 55.6 Å². The molecule has 0 unspecified atom stereocenters. The lowest BCUT2D eigenvalue weighted by Gasteiger charge is -2.34. The van der Waals surface area contributed by atoms with Crippen LogP contribution in [-0.2, 0) is 16.2 Å². The third-order valence-electron chi connectivity index (χ3n) is 23.4. The molecule has 0 heterocycles. The van der Waals surface area contributed by atoms with Gasteiger partial charge < -0.3 is 0 Å². The van der Waals surface area contributed by atoms with E-state index in [9.17, 15) is 0 Å². The zero-order valence-electron chi connectivity index (χ0n) is 60.1. The Morgan fingerprint density at radius 3 is 0.677 bits per heavy atom. The highest BCUT2D eigenvalue weighted by atomic mass is 14.5. The summed E-state index contributed by atoms with van der Waals surface area (Å²) in [7, 11) is 0. The van der Waals surface area contributed by atoms with Crippen LogP contribution >= 0.6 is 0 Å². The molecule has 502 valence electrons. The third kappa shape index (κ3) is 18.3. The molecule has 0 aromatic heterocycles. The van der Waals surface area contributed by atoms with Crippen LogP contribution in [0.5, 0.6) is 0 Å². The van der Waals surface area contributed by atoms with Gasteiger partial charge in [0.05, 0.1) is 0 Å². The van der Waals surface area contributed by atoms with Crippen LogP contribution in [0.1, 0.15) is 356 Å². The Hall–Kier alpha value is -5.20. The van der Waals surface area contributed by atoms with Gasteiger partial charge in [0.25, 0.3) is 0 Å². The number of hydrogen-bond acceptors (Lipinski definition) is 0. The van der Waals surface area contributed by atoms with Gasteiger partial charge in [0, 0.05) is 16.2 Å². The first-order valence-corrected chi connectivity index (χ1v) is 39.9. The van der Waals surface area contributed by atoms with E-state index >= 15 is 0 Å². The largest absolute Gasteiger partial charge is 0.103 e. The summed E-state index contributed by atoms with van der Waals surface area (Å²) in [5.41, 5.74) is 24.5. The van der Waals surface area contributed by atoms with Crippen molar-refractivity contribution in [3.63, 3.8) is 0 Å². The number of fused-ring (bicyclic) bond motifs is 9. The third-order valence-corrected chi connectivity index (χ3v) is 23.4. The fourth-order valence-electron chi connectivity index (χ4n) is 18.1. The van der Waals surface area contributed by atoms with Crippen LogP contribution < -0.4 is 0 Å². The molecule has 0 bridgehead atoms. The second-order valence-electron chi connectivity index (χ2n) is 30.1. The maximum atomic E-state index is 4.02. The van der Waals surface area contributed by atoms with Crippen molar-refractivity contribution >= 4 is 0 Å². The van der Waals surface area contributed by atoms with Crippen LogP contribution in [0, 0.1) is 0 Å². The maximum absolute atomic E-state index is 4.02. The lowest BCUT2D eigenvalue weighted by atomic mass is 9.69. The van der Waals surface area contributed by atoms with E-state index in [0.29, 0.717) is 0 Å². The number of unbranched alkanes of at least 4 members (excludes halogenated alkanes) is 34. The van der Waals surface area contributed by atoms with Gasteiger partial charge in [-0.2, -0.15) is 0 Å². The van der Waals surface area contributed by atoms with Gasteiger partial charge in [0.2, 0.25) is 0 Å². The van der Waals surface area contributed by atoms with Gasteiger partial charge in [-0.05, 0) is 177 Å². The lowest BCUT2D eigenvalue weighted by molar-refractivity contribution is 0.397.